The lowest BCUT2D eigenvalue weighted by Gasteiger charge is -2.05. The zero-order valence-corrected chi connectivity index (χ0v) is 8.01. The van der Waals surface area contributed by atoms with Crippen molar-refractivity contribution < 1.29 is 4.92 Å². The summed E-state index contributed by atoms with van der Waals surface area (Å²) in [6.07, 6.45) is 3.40. The van der Waals surface area contributed by atoms with Gasteiger partial charge in [0.15, 0.2) is 0 Å². The highest BCUT2D eigenvalue weighted by Gasteiger charge is 2.10. The normalized spacial score (nSPS) is 12.4. The van der Waals surface area contributed by atoms with Crippen molar-refractivity contribution in [1.82, 2.24) is 10.3 Å². The minimum atomic E-state index is -0.545. The second-order valence-corrected chi connectivity index (χ2v) is 3.12. The number of rotatable bonds is 5. The molecule has 1 atom stereocenters. The summed E-state index contributed by atoms with van der Waals surface area (Å²) < 4.78 is 0. The van der Waals surface area contributed by atoms with Gasteiger partial charge in [-0.15, -0.1) is 0 Å². The first-order valence-corrected chi connectivity index (χ1v) is 4.43. The van der Waals surface area contributed by atoms with Crippen molar-refractivity contribution in [3.63, 3.8) is 0 Å². The number of pyridine rings is 1. The number of hydrogen-bond donors (Lipinski definition) is 1. The van der Waals surface area contributed by atoms with Gasteiger partial charge in [-0.25, -0.2) is 0 Å². The minimum Gasteiger partial charge on any atom is -0.306 e. The predicted molar refractivity (Wildman–Crippen MR) is 52.4 cm³/mol. The van der Waals surface area contributed by atoms with E-state index >= 15 is 0 Å². The highest BCUT2D eigenvalue weighted by molar-refractivity contribution is 5.08. The molecule has 0 radical (unpaired) electrons. The Hall–Kier alpha value is -1.49. The second kappa shape index (κ2) is 5.29. The molecule has 0 aromatic carbocycles. The average molecular weight is 195 g/mol. The van der Waals surface area contributed by atoms with Crippen LogP contribution in [0.5, 0.6) is 0 Å². The van der Waals surface area contributed by atoms with Crippen LogP contribution in [0.15, 0.2) is 24.5 Å². The molecule has 14 heavy (non-hydrogen) atoms. The molecule has 1 aromatic rings. The summed E-state index contributed by atoms with van der Waals surface area (Å²) >= 11 is 0. The monoisotopic (exact) mass is 195 g/mol. The number of aromatic nitrogens is 1. The molecule has 5 nitrogen and oxygen atoms in total. The van der Waals surface area contributed by atoms with Crippen molar-refractivity contribution in [2.24, 2.45) is 0 Å². The third kappa shape index (κ3) is 3.49. The highest BCUT2D eigenvalue weighted by Crippen LogP contribution is 1.95. The Morgan fingerprint density at radius 1 is 1.57 bits per heavy atom. The van der Waals surface area contributed by atoms with E-state index in [2.05, 4.69) is 10.3 Å². The van der Waals surface area contributed by atoms with Gasteiger partial charge in [-0.3, -0.25) is 15.1 Å². The van der Waals surface area contributed by atoms with Crippen molar-refractivity contribution in [1.29, 1.82) is 0 Å². The maximum absolute atomic E-state index is 10.3. The Morgan fingerprint density at radius 2 is 2.21 bits per heavy atom. The third-order valence-corrected chi connectivity index (χ3v) is 1.88. The van der Waals surface area contributed by atoms with E-state index in [1.807, 2.05) is 12.1 Å². The van der Waals surface area contributed by atoms with Crippen LogP contribution in [0.4, 0.5) is 0 Å². The summed E-state index contributed by atoms with van der Waals surface area (Å²) in [5.74, 6) is 0. The summed E-state index contributed by atoms with van der Waals surface area (Å²) in [6.45, 7) is 2.61. The lowest BCUT2D eigenvalue weighted by atomic mass is 10.2. The Kier molecular flexibility index (Phi) is 4.00. The molecule has 0 fully saturated rings. The van der Waals surface area contributed by atoms with Crippen LogP contribution in [0, 0.1) is 10.1 Å². The SMILES string of the molecule is CC(CNCc1ccncc1)[N+](=O)[O-]. The molecule has 1 aromatic heterocycles. The number of nitrogens with one attached hydrogen (secondary N) is 1. The summed E-state index contributed by atoms with van der Waals surface area (Å²) in [4.78, 5) is 13.9. The molecule has 5 heteroatoms. The van der Waals surface area contributed by atoms with Crippen molar-refractivity contribution in [2.45, 2.75) is 19.5 Å². The van der Waals surface area contributed by atoms with Gasteiger partial charge in [-0.2, -0.15) is 0 Å². The topological polar surface area (TPSA) is 68.1 Å². The number of hydrogen-bond acceptors (Lipinski definition) is 4. The lowest BCUT2D eigenvalue weighted by molar-refractivity contribution is -0.515. The van der Waals surface area contributed by atoms with E-state index in [4.69, 9.17) is 0 Å². The first-order chi connectivity index (χ1) is 6.70. The molecule has 0 spiro atoms. The molecular formula is C9H13N3O2. The Labute approximate surface area is 82.3 Å². The van der Waals surface area contributed by atoms with E-state index in [1.165, 1.54) is 0 Å². The van der Waals surface area contributed by atoms with Crippen LogP contribution in [-0.4, -0.2) is 22.5 Å². The maximum atomic E-state index is 10.3. The van der Waals surface area contributed by atoms with Crippen molar-refractivity contribution >= 4 is 0 Å². The van der Waals surface area contributed by atoms with Crippen LogP contribution < -0.4 is 5.32 Å². The molecular weight excluding hydrogens is 182 g/mol. The quantitative estimate of drug-likeness (QED) is 0.558. The molecule has 0 aliphatic carbocycles. The molecule has 1 heterocycles. The molecule has 1 N–H and O–H groups in total. The molecule has 0 aliphatic heterocycles. The number of nitrogens with zero attached hydrogens (tertiary/aromatic N) is 2. The lowest BCUT2D eigenvalue weighted by Crippen LogP contribution is -2.30. The molecule has 0 bridgehead atoms. The maximum Gasteiger partial charge on any atom is 0.222 e. The molecule has 1 rings (SSSR count). The van der Waals surface area contributed by atoms with Gasteiger partial charge in [0, 0.05) is 30.8 Å². The Morgan fingerprint density at radius 3 is 2.79 bits per heavy atom. The summed E-state index contributed by atoms with van der Waals surface area (Å²) in [6, 6.07) is 3.21. The highest BCUT2D eigenvalue weighted by atomic mass is 16.6. The first-order valence-electron chi connectivity index (χ1n) is 4.43. The van der Waals surface area contributed by atoms with Gasteiger partial charge in [0.25, 0.3) is 0 Å². The summed E-state index contributed by atoms with van der Waals surface area (Å²) in [7, 11) is 0. The van der Waals surface area contributed by atoms with E-state index < -0.39 is 6.04 Å². The van der Waals surface area contributed by atoms with Crippen molar-refractivity contribution in [3.8, 4) is 0 Å². The van der Waals surface area contributed by atoms with Crippen LogP contribution in [0.2, 0.25) is 0 Å². The fourth-order valence-corrected chi connectivity index (χ4v) is 1.00. The molecule has 0 amide bonds. The molecule has 0 saturated heterocycles. The van der Waals surface area contributed by atoms with Crippen LogP contribution in [0.25, 0.3) is 0 Å². The van der Waals surface area contributed by atoms with Crippen LogP contribution in [-0.2, 0) is 6.54 Å². The van der Waals surface area contributed by atoms with Gasteiger partial charge >= 0.3 is 0 Å². The van der Waals surface area contributed by atoms with Crippen LogP contribution >= 0.6 is 0 Å². The van der Waals surface area contributed by atoms with E-state index in [9.17, 15) is 10.1 Å². The largest absolute Gasteiger partial charge is 0.306 e. The third-order valence-electron chi connectivity index (χ3n) is 1.88. The fraction of sp³-hybridized carbons (Fsp3) is 0.444. The van der Waals surface area contributed by atoms with Gasteiger partial charge in [0.2, 0.25) is 6.04 Å². The van der Waals surface area contributed by atoms with E-state index in [0.717, 1.165) is 5.56 Å². The smallest absolute Gasteiger partial charge is 0.222 e. The van der Waals surface area contributed by atoms with E-state index in [-0.39, 0.29) is 4.92 Å². The van der Waals surface area contributed by atoms with Crippen LogP contribution in [0.1, 0.15) is 12.5 Å². The Balaban J connectivity index is 2.26. The van der Waals surface area contributed by atoms with Gasteiger partial charge in [-0.1, -0.05) is 0 Å². The predicted octanol–water partition coefficient (Wildman–Crippen LogP) is 0.836. The minimum absolute atomic E-state index is 0.292. The van der Waals surface area contributed by atoms with Gasteiger partial charge in [-0.05, 0) is 17.7 Å². The Bertz CT molecular complexity index is 289. The van der Waals surface area contributed by atoms with Gasteiger partial charge in [0.1, 0.15) is 0 Å². The van der Waals surface area contributed by atoms with Crippen LogP contribution in [0.3, 0.4) is 0 Å². The summed E-state index contributed by atoms with van der Waals surface area (Å²) in [5, 5.41) is 13.3. The first kappa shape index (κ1) is 10.6. The molecule has 76 valence electrons. The molecule has 1 unspecified atom stereocenters. The fourth-order valence-electron chi connectivity index (χ4n) is 1.00. The van der Waals surface area contributed by atoms with Gasteiger partial charge < -0.3 is 5.32 Å². The van der Waals surface area contributed by atoms with Gasteiger partial charge in [0.05, 0.1) is 6.54 Å². The van der Waals surface area contributed by atoms with Crippen molar-refractivity contribution in [3.05, 3.63) is 40.2 Å². The standard InChI is InChI=1S/C9H13N3O2/c1-8(12(13)14)6-11-7-9-2-4-10-5-3-9/h2-5,8,11H,6-7H2,1H3. The average Bonchev–Trinajstić information content (AvgIpc) is 2.19. The number of nitro groups is 1. The van der Waals surface area contributed by atoms with E-state index in [1.54, 1.807) is 19.3 Å². The van der Waals surface area contributed by atoms with E-state index in [0.29, 0.717) is 13.1 Å². The summed E-state index contributed by atoms with van der Waals surface area (Å²) in [5.41, 5.74) is 1.08. The molecule has 0 saturated carbocycles. The molecule has 0 aliphatic rings. The van der Waals surface area contributed by atoms with Crippen molar-refractivity contribution in [2.75, 3.05) is 6.54 Å². The zero-order valence-electron chi connectivity index (χ0n) is 8.01. The zero-order chi connectivity index (χ0) is 10.4. The second-order valence-electron chi connectivity index (χ2n) is 3.12.